The van der Waals surface area contributed by atoms with Crippen molar-refractivity contribution in [3.05, 3.63) is 53.7 Å². The van der Waals surface area contributed by atoms with Gasteiger partial charge in [0.2, 0.25) is 0 Å². The highest BCUT2D eigenvalue weighted by molar-refractivity contribution is 5.83. The Labute approximate surface area is 243 Å². The summed E-state index contributed by atoms with van der Waals surface area (Å²) in [4.78, 5) is 33.8. The van der Waals surface area contributed by atoms with Crippen LogP contribution in [0.1, 0.15) is 50.8 Å². The van der Waals surface area contributed by atoms with Gasteiger partial charge >= 0.3 is 12.0 Å². The molecule has 0 aliphatic carbocycles. The van der Waals surface area contributed by atoms with Crippen molar-refractivity contribution < 1.29 is 24.2 Å². The van der Waals surface area contributed by atoms with E-state index in [-0.39, 0.29) is 18.1 Å². The van der Waals surface area contributed by atoms with E-state index in [0.29, 0.717) is 39.3 Å². The fourth-order valence-corrected chi connectivity index (χ4v) is 5.49. The van der Waals surface area contributed by atoms with Gasteiger partial charge in [0, 0.05) is 25.3 Å². The first-order valence-corrected chi connectivity index (χ1v) is 14.9. The molecular formula is C31H45N5O5. The van der Waals surface area contributed by atoms with E-state index in [1.165, 1.54) is 5.56 Å². The minimum Gasteiger partial charge on any atom is -0.492 e. The summed E-state index contributed by atoms with van der Waals surface area (Å²) in [7, 11) is 0. The lowest BCUT2D eigenvalue weighted by Gasteiger charge is -2.39. The second-order valence-corrected chi connectivity index (χ2v) is 11.1. The molecule has 2 aromatic rings. The molecule has 1 saturated heterocycles. The Kier molecular flexibility index (Phi) is 11.6. The van der Waals surface area contributed by atoms with E-state index >= 15 is 0 Å². The first kappa shape index (κ1) is 30.6. The molecule has 1 fully saturated rings. The topological polar surface area (TPSA) is 116 Å². The monoisotopic (exact) mass is 567 g/mol. The number of ether oxygens (including phenoxy) is 2. The van der Waals surface area contributed by atoms with E-state index in [4.69, 9.17) is 14.5 Å². The van der Waals surface area contributed by atoms with Crippen LogP contribution in [0.3, 0.4) is 0 Å². The van der Waals surface area contributed by atoms with Crippen LogP contribution in [0.5, 0.6) is 5.75 Å². The molecule has 2 amide bonds. The van der Waals surface area contributed by atoms with Crippen molar-refractivity contribution in [3.8, 4) is 5.75 Å². The van der Waals surface area contributed by atoms with Crippen LogP contribution < -0.4 is 15.4 Å². The smallest absolute Gasteiger partial charge is 0.326 e. The van der Waals surface area contributed by atoms with Crippen LogP contribution in [0.4, 0.5) is 10.6 Å². The Morgan fingerprint density at radius 3 is 2.66 bits per heavy atom. The number of urea groups is 1. The molecule has 10 nitrogen and oxygen atoms in total. The van der Waals surface area contributed by atoms with Gasteiger partial charge in [0.15, 0.2) is 0 Å². The van der Waals surface area contributed by atoms with Crippen molar-refractivity contribution >= 4 is 17.8 Å². The number of rotatable bonds is 14. The normalized spacial score (nSPS) is 19.2. The zero-order chi connectivity index (χ0) is 29.0. The number of morpholine rings is 1. The number of aryl methyl sites for hydroxylation is 2. The molecule has 2 aliphatic heterocycles. The minimum absolute atomic E-state index is 0.111. The number of aromatic nitrogens is 1. The fourth-order valence-electron chi connectivity index (χ4n) is 5.49. The molecule has 1 aromatic carbocycles. The third-order valence-corrected chi connectivity index (χ3v) is 7.76. The number of carboxylic acids is 1. The molecule has 4 rings (SSSR count). The molecule has 224 valence electrons. The number of para-hydroxylation sites is 1. The third kappa shape index (κ3) is 9.33. The van der Waals surface area contributed by atoms with Crippen LogP contribution in [0, 0.1) is 0 Å². The van der Waals surface area contributed by atoms with Gasteiger partial charge in [-0.1, -0.05) is 24.3 Å². The maximum Gasteiger partial charge on any atom is 0.326 e. The number of carboxylic acid groups (broad SMARTS) is 1. The van der Waals surface area contributed by atoms with E-state index in [0.717, 1.165) is 62.5 Å². The summed E-state index contributed by atoms with van der Waals surface area (Å²) < 4.78 is 11.4. The predicted octanol–water partition coefficient (Wildman–Crippen LogP) is 3.81. The standard InChI is InChI=1S/C31H45N5O5/c1-23-21-40-22-24(2)36(23)31(39)34-28(30(37)38)15-18-35(19-20-41-27-11-4-3-5-12-27)17-7-6-10-26-14-13-25-9-8-16-32-29(25)33-26/h3-5,11-14,23-24,28H,6-10,15-22H2,1-2H3,(H,32,33)(H,34,39)(H,37,38). The van der Waals surface area contributed by atoms with Gasteiger partial charge in [-0.05, 0) is 82.7 Å². The molecule has 1 aromatic heterocycles. The number of hydrogen-bond donors (Lipinski definition) is 3. The molecule has 0 saturated carbocycles. The van der Waals surface area contributed by atoms with Crippen LogP contribution in [-0.4, -0.2) is 96.0 Å². The van der Waals surface area contributed by atoms with Crippen molar-refractivity contribution in [1.82, 2.24) is 20.1 Å². The maximum absolute atomic E-state index is 13.0. The summed E-state index contributed by atoms with van der Waals surface area (Å²) in [5.41, 5.74) is 2.39. The molecule has 3 heterocycles. The second-order valence-electron chi connectivity index (χ2n) is 11.1. The molecule has 41 heavy (non-hydrogen) atoms. The van der Waals surface area contributed by atoms with Gasteiger partial charge in [-0.25, -0.2) is 14.6 Å². The number of anilines is 1. The number of benzene rings is 1. The Bertz CT molecular complexity index is 1110. The van der Waals surface area contributed by atoms with Crippen molar-refractivity contribution in [2.75, 3.05) is 51.3 Å². The molecule has 0 spiro atoms. The van der Waals surface area contributed by atoms with Crippen molar-refractivity contribution in [2.24, 2.45) is 0 Å². The third-order valence-electron chi connectivity index (χ3n) is 7.76. The average molecular weight is 568 g/mol. The molecule has 3 unspecified atom stereocenters. The minimum atomic E-state index is -1.03. The number of fused-ring (bicyclic) bond motifs is 1. The highest BCUT2D eigenvalue weighted by Crippen LogP contribution is 2.20. The Morgan fingerprint density at radius 1 is 1.12 bits per heavy atom. The average Bonchev–Trinajstić information content (AvgIpc) is 2.97. The Morgan fingerprint density at radius 2 is 1.90 bits per heavy atom. The summed E-state index contributed by atoms with van der Waals surface area (Å²) >= 11 is 0. The highest BCUT2D eigenvalue weighted by Gasteiger charge is 2.32. The van der Waals surface area contributed by atoms with Crippen molar-refractivity contribution in [2.45, 2.75) is 70.5 Å². The number of nitrogens with zero attached hydrogens (tertiary/aromatic N) is 3. The first-order chi connectivity index (χ1) is 19.9. The van der Waals surface area contributed by atoms with E-state index in [1.54, 1.807) is 4.90 Å². The largest absolute Gasteiger partial charge is 0.492 e. The lowest BCUT2D eigenvalue weighted by atomic mass is 10.1. The predicted molar refractivity (Wildman–Crippen MR) is 159 cm³/mol. The van der Waals surface area contributed by atoms with E-state index in [2.05, 4.69) is 27.7 Å². The number of carbonyl (C=O) groups excluding carboxylic acids is 1. The van der Waals surface area contributed by atoms with Gasteiger partial charge in [0.1, 0.15) is 24.2 Å². The Hall–Kier alpha value is -3.37. The van der Waals surface area contributed by atoms with E-state index < -0.39 is 12.0 Å². The van der Waals surface area contributed by atoms with Crippen LogP contribution in [0.2, 0.25) is 0 Å². The zero-order valence-electron chi connectivity index (χ0n) is 24.4. The highest BCUT2D eigenvalue weighted by atomic mass is 16.5. The van der Waals surface area contributed by atoms with Gasteiger partial charge in [-0.2, -0.15) is 0 Å². The van der Waals surface area contributed by atoms with Crippen LogP contribution >= 0.6 is 0 Å². The summed E-state index contributed by atoms with van der Waals surface area (Å²) in [6.07, 6.45) is 5.36. The maximum atomic E-state index is 13.0. The summed E-state index contributed by atoms with van der Waals surface area (Å²) in [5.74, 6) is 0.805. The molecule has 10 heteroatoms. The number of aliphatic carboxylic acids is 1. The zero-order valence-corrected chi connectivity index (χ0v) is 24.4. The van der Waals surface area contributed by atoms with Gasteiger partial charge in [0.25, 0.3) is 0 Å². The molecular weight excluding hydrogens is 522 g/mol. The van der Waals surface area contributed by atoms with Crippen LogP contribution in [-0.2, 0) is 22.4 Å². The number of nitrogens with one attached hydrogen (secondary N) is 2. The molecule has 3 N–H and O–H groups in total. The lowest BCUT2D eigenvalue weighted by molar-refractivity contribution is -0.139. The first-order valence-electron chi connectivity index (χ1n) is 14.9. The van der Waals surface area contributed by atoms with Crippen LogP contribution in [0.25, 0.3) is 0 Å². The SMILES string of the molecule is CC1COCC(C)N1C(=O)NC(CCN(CCCCc1ccc2c(n1)NCCC2)CCOc1ccccc1)C(=O)O. The summed E-state index contributed by atoms with van der Waals surface area (Å²) in [5, 5.41) is 16.1. The Balaban J connectivity index is 1.29. The number of carbonyl (C=O) groups is 2. The van der Waals surface area contributed by atoms with Gasteiger partial charge < -0.3 is 30.1 Å². The summed E-state index contributed by atoms with van der Waals surface area (Å²) in [6, 6.07) is 12.4. The molecule has 0 radical (unpaired) electrons. The van der Waals surface area contributed by atoms with Crippen molar-refractivity contribution in [1.29, 1.82) is 0 Å². The fraction of sp³-hybridized carbons (Fsp3) is 0.581. The molecule has 0 bridgehead atoms. The molecule has 2 aliphatic rings. The number of amides is 2. The summed E-state index contributed by atoms with van der Waals surface area (Å²) in [6.45, 7) is 8.19. The van der Waals surface area contributed by atoms with Crippen molar-refractivity contribution in [3.63, 3.8) is 0 Å². The second kappa shape index (κ2) is 15.6. The molecule has 3 atom stereocenters. The number of hydrogen-bond acceptors (Lipinski definition) is 7. The van der Waals surface area contributed by atoms with Crippen LogP contribution in [0.15, 0.2) is 42.5 Å². The number of pyridine rings is 1. The van der Waals surface area contributed by atoms with E-state index in [9.17, 15) is 14.7 Å². The van der Waals surface area contributed by atoms with Gasteiger partial charge in [0.05, 0.1) is 25.3 Å². The quantitative estimate of drug-likeness (QED) is 0.295. The van der Waals surface area contributed by atoms with Gasteiger partial charge in [-0.3, -0.25) is 4.90 Å². The van der Waals surface area contributed by atoms with Gasteiger partial charge in [-0.15, -0.1) is 0 Å². The number of unbranched alkanes of at least 4 members (excludes halogenated alkanes) is 1. The van der Waals surface area contributed by atoms with E-state index in [1.807, 2.05) is 44.2 Å². The lowest BCUT2D eigenvalue weighted by Crippen LogP contribution is -2.58.